The summed E-state index contributed by atoms with van der Waals surface area (Å²) in [5.41, 5.74) is 3.18. The molecule has 8 heteroatoms. The molecular weight excluding hydrogens is 701 g/mol. The fourth-order valence-corrected chi connectivity index (χ4v) is 7.78. The van der Waals surface area contributed by atoms with Gasteiger partial charge in [0.05, 0.1) is 39.1 Å². The molecule has 2 amide bonds. The molecule has 4 aromatic carbocycles. The molecular formula is C48H60N2O6. The number of nitrogens with zero attached hydrogens (tertiary/aromatic N) is 1. The van der Waals surface area contributed by atoms with Crippen molar-refractivity contribution in [1.82, 2.24) is 10.2 Å². The van der Waals surface area contributed by atoms with Gasteiger partial charge in [0.2, 0.25) is 11.8 Å². The highest BCUT2D eigenvalue weighted by molar-refractivity contribution is 5.89. The van der Waals surface area contributed by atoms with Crippen molar-refractivity contribution in [3.05, 3.63) is 156 Å². The number of likely N-dealkylation sites (tertiary alicyclic amines) is 1. The van der Waals surface area contributed by atoms with Gasteiger partial charge in [0, 0.05) is 12.0 Å². The Morgan fingerprint density at radius 1 is 0.643 bits per heavy atom. The molecule has 0 spiro atoms. The van der Waals surface area contributed by atoms with Crippen LogP contribution in [-0.4, -0.2) is 59.3 Å². The van der Waals surface area contributed by atoms with Crippen LogP contribution in [0, 0.1) is 5.41 Å². The van der Waals surface area contributed by atoms with E-state index in [9.17, 15) is 4.79 Å². The first-order valence-electron chi connectivity index (χ1n) is 19.8. The smallest absolute Gasteiger partial charge is 0.246 e. The van der Waals surface area contributed by atoms with Gasteiger partial charge < -0.3 is 29.2 Å². The molecule has 1 saturated heterocycles. The molecule has 1 fully saturated rings. The van der Waals surface area contributed by atoms with Gasteiger partial charge in [0.25, 0.3) is 0 Å². The fraction of sp³-hybridized carbons (Fsp3) is 0.417. The molecule has 1 heterocycles. The number of nitrogens with one attached hydrogen (secondary N) is 1. The molecule has 298 valence electrons. The quantitative estimate of drug-likeness (QED) is 0.0962. The fourth-order valence-electron chi connectivity index (χ4n) is 7.78. The van der Waals surface area contributed by atoms with E-state index in [0.717, 1.165) is 22.3 Å². The predicted octanol–water partition coefficient (Wildman–Crippen LogP) is 8.84. The number of benzene rings is 4. The van der Waals surface area contributed by atoms with Crippen molar-refractivity contribution in [2.45, 2.75) is 116 Å². The Morgan fingerprint density at radius 3 is 1.52 bits per heavy atom. The van der Waals surface area contributed by atoms with Crippen LogP contribution in [0.5, 0.6) is 0 Å². The van der Waals surface area contributed by atoms with E-state index in [2.05, 4.69) is 32.7 Å². The van der Waals surface area contributed by atoms with Crippen LogP contribution in [0.25, 0.3) is 0 Å². The molecule has 1 aliphatic heterocycles. The normalized spacial score (nSPS) is 20.0. The lowest BCUT2D eigenvalue weighted by Gasteiger charge is -2.52. The second-order valence-electron chi connectivity index (χ2n) is 16.5. The van der Waals surface area contributed by atoms with Crippen molar-refractivity contribution in [1.29, 1.82) is 0 Å². The Kier molecular flexibility index (Phi) is 15.6. The zero-order chi connectivity index (χ0) is 40.0. The predicted molar refractivity (Wildman–Crippen MR) is 221 cm³/mol. The summed E-state index contributed by atoms with van der Waals surface area (Å²) in [7, 11) is 0. The maximum atomic E-state index is 15.1. The number of carbonyl (C=O) groups excluding carboxylic acids is 2. The van der Waals surface area contributed by atoms with E-state index in [1.807, 2.05) is 135 Å². The number of piperidine rings is 1. The first kappa shape index (κ1) is 42.5. The first-order valence-corrected chi connectivity index (χ1v) is 19.8. The topological polar surface area (TPSA) is 86.3 Å². The average Bonchev–Trinajstić information content (AvgIpc) is 3.18. The Balaban J connectivity index is 1.64. The van der Waals surface area contributed by atoms with Crippen LogP contribution in [0.1, 0.15) is 76.1 Å². The van der Waals surface area contributed by atoms with E-state index >= 15 is 4.79 Å². The monoisotopic (exact) mass is 760 g/mol. The van der Waals surface area contributed by atoms with E-state index in [4.69, 9.17) is 18.9 Å². The van der Waals surface area contributed by atoms with Crippen LogP contribution < -0.4 is 5.32 Å². The van der Waals surface area contributed by atoms with Crippen LogP contribution in [0.3, 0.4) is 0 Å². The Hall–Kier alpha value is -4.60. The van der Waals surface area contributed by atoms with Crippen molar-refractivity contribution in [3.8, 4) is 0 Å². The van der Waals surface area contributed by atoms with Crippen LogP contribution in [0.4, 0.5) is 0 Å². The van der Waals surface area contributed by atoms with Crippen molar-refractivity contribution in [3.63, 3.8) is 0 Å². The van der Waals surface area contributed by atoms with Gasteiger partial charge in [-0.3, -0.25) is 9.59 Å². The highest BCUT2D eigenvalue weighted by Crippen LogP contribution is 2.35. The lowest BCUT2D eigenvalue weighted by atomic mass is 9.81. The second kappa shape index (κ2) is 20.5. The number of carbonyl (C=O) groups is 2. The number of ether oxygens (including phenoxy) is 4. The number of hydrogen-bond donors (Lipinski definition) is 1. The molecule has 0 aliphatic carbocycles. The Bertz CT molecular complexity index is 1780. The molecule has 0 unspecified atom stereocenters. The lowest BCUT2D eigenvalue weighted by Crippen LogP contribution is -2.74. The lowest BCUT2D eigenvalue weighted by molar-refractivity contribution is -0.228. The van der Waals surface area contributed by atoms with Crippen molar-refractivity contribution >= 4 is 11.8 Å². The average molecular weight is 761 g/mol. The van der Waals surface area contributed by atoms with E-state index in [-0.39, 0.29) is 50.1 Å². The Morgan fingerprint density at radius 2 is 1.07 bits per heavy atom. The maximum absolute atomic E-state index is 15.1. The standard InChI is InChI=1S/C48H60N2O6/c1-7-8-29-41(51)50-40(34-53-30-36-21-13-9-14-22-36)43(54-31-37-23-15-10-16-24-37)45(56-33-39-27-19-12-20-28-39)44(55-32-38-25-17-11-18-26-38)42(50)46(52)49-48(5,6)35-47(2,3)4/h7,9-28,40,42-45H,1,8,29-35H2,2-6H3,(H,49,52)/t40-,42-,43+,44-,45-/m0/s1. The van der Waals surface area contributed by atoms with Gasteiger partial charge in [-0.1, -0.05) is 148 Å². The summed E-state index contributed by atoms with van der Waals surface area (Å²) in [6.07, 6.45) is 0.591. The minimum absolute atomic E-state index is 0.0719. The van der Waals surface area contributed by atoms with Gasteiger partial charge >= 0.3 is 0 Å². The molecule has 4 aromatic rings. The molecule has 0 saturated carbocycles. The second-order valence-corrected chi connectivity index (χ2v) is 16.5. The summed E-state index contributed by atoms with van der Waals surface area (Å²) in [4.78, 5) is 31.5. The maximum Gasteiger partial charge on any atom is 0.246 e. The summed E-state index contributed by atoms with van der Waals surface area (Å²) in [5.74, 6) is -0.526. The molecule has 0 radical (unpaired) electrons. The number of hydrogen-bond acceptors (Lipinski definition) is 6. The highest BCUT2D eigenvalue weighted by Gasteiger charge is 2.56. The molecule has 5 atom stereocenters. The number of allylic oxidation sites excluding steroid dienone is 1. The van der Waals surface area contributed by atoms with Crippen LogP contribution in [0.2, 0.25) is 0 Å². The number of amides is 2. The summed E-state index contributed by atoms with van der Waals surface area (Å²) in [6, 6.07) is 37.8. The van der Waals surface area contributed by atoms with Crippen LogP contribution in [-0.2, 0) is 55.0 Å². The molecule has 5 rings (SSSR count). The SMILES string of the molecule is C=CCCC(=O)N1[C@H](C(=O)NC(C)(C)CC(C)(C)C)[C@H](OCc2ccccc2)[C@@H](OCc2ccccc2)[C@H](OCc2ccccc2)[C@@H]1COCc1ccccc1. The number of rotatable bonds is 19. The summed E-state index contributed by atoms with van der Waals surface area (Å²) >= 11 is 0. The molecule has 0 bridgehead atoms. The van der Waals surface area contributed by atoms with Crippen LogP contribution in [0.15, 0.2) is 134 Å². The van der Waals surface area contributed by atoms with Gasteiger partial charge in [-0.05, 0) is 54.4 Å². The minimum Gasteiger partial charge on any atom is -0.375 e. The largest absolute Gasteiger partial charge is 0.375 e. The third-order valence-electron chi connectivity index (χ3n) is 9.80. The zero-order valence-electron chi connectivity index (χ0n) is 33.8. The summed E-state index contributed by atoms with van der Waals surface area (Å²) in [6.45, 7) is 15.5. The van der Waals surface area contributed by atoms with Crippen LogP contribution >= 0.6 is 0 Å². The van der Waals surface area contributed by atoms with Crippen molar-refractivity contribution in [2.75, 3.05) is 6.61 Å². The van der Waals surface area contributed by atoms with Crippen molar-refractivity contribution < 1.29 is 28.5 Å². The highest BCUT2D eigenvalue weighted by atomic mass is 16.6. The third kappa shape index (κ3) is 12.7. The molecule has 1 N–H and O–H groups in total. The van der Waals surface area contributed by atoms with Gasteiger partial charge in [-0.15, -0.1) is 6.58 Å². The first-order chi connectivity index (χ1) is 26.9. The zero-order valence-corrected chi connectivity index (χ0v) is 33.8. The van der Waals surface area contributed by atoms with E-state index in [0.29, 0.717) is 19.4 Å². The summed E-state index contributed by atoms with van der Waals surface area (Å²) < 4.78 is 27.2. The third-order valence-corrected chi connectivity index (χ3v) is 9.80. The molecule has 0 aromatic heterocycles. The molecule has 56 heavy (non-hydrogen) atoms. The Labute approximate surface area is 334 Å². The van der Waals surface area contributed by atoms with Gasteiger partial charge in [-0.25, -0.2) is 0 Å². The van der Waals surface area contributed by atoms with E-state index < -0.39 is 35.9 Å². The van der Waals surface area contributed by atoms with Gasteiger partial charge in [0.15, 0.2) is 0 Å². The van der Waals surface area contributed by atoms with E-state index in [1.54, 1.807) is 11.0 Å². The van der Waals surface area contributed by atoms with Gasteiger partial charge in [-0.2, -0.15) is 0 Å². The van der Waals surface area contributed by atoms with Crippen molar-refractivity contribution in [2.24, 2.45) is 5.41 Å². The molecule has 1 aliphatic rings. The minimum atomic E-state index is -1.07. The van der Waals surface area contributed by atoms with E-state index in [1.165, 1.54) is 0 Å². The summed E-state index contributed by atoms with van der Waals surface area (Å²) in [5, 5.41) is 3.35. The molecule has 8 nitrogen and oxygen atoms in total. The van der Waals surface area contributed by atoms with Gasteiger partial charge in [0.1, 0.15) is 24.4 Å².